The maximum absolute atomic E-state index is 12.2. The summed E-state index contributed by atoms with van der Waals surface area (Å²) in [5.41, 5.74) is 0. The molecule has 0 aromatic heterocycles. The fourth-order valence-corrected chi connectivity index (χ4v) is 5.21. The van der Waals surface area contributed by atoms with E-state index < -0.39 is 14.6 Å². The highest BCUT2D eigenvalue weighted by atomic mass is 127. The second-order valence-electron chi connectivity index (χ2n) is 8.13. The molecule has 6 nitrogen and oxygen atoms in total. The summed E-state index contributed by atoms with van der Waals surface area (Å²) in [4.78, 5) is 9.52. The first-order valence-corrected chi connectivity index (χ1v) is 11.3. The maximum atomic E-state index is 12.2. The third-order valence-electron chi connectivity index (χ3n) is 5.60. The number of guanidine groups is 1. The molecule has 1 N–H and O–H groups in total. The molecule has 0 amide bonds. The molecule has 0 spiro atoms. The minimum atomic E-state index is -3.03. The summed E-state index contributed by atoms with van der Waals surface area (Å²) in [5.74, 6) is 1.05. The number of hydrogen-bond acceptors (Lipinski definition) is 4. The lowest BCUT2D eigenvalue weighted by Crippen LogP contribution is -2.57. The number of nitrogens with zero attached hydrogens (tertiary/aromatic N) is 3. The minimum Gasteiger partial charge on any atom is -0.357 e. The first-order valence-electron chi connectivity index (χ1n) is 9.69. The van der Waals surface area contributed by atoms with Crippen LogP contribution in [-0.2, 0) is 9.84 Å². The van der Waals surface area contributed by atoms with Gasteiger partial charge in [-0.3, -0.25) is 9.89 Å². The largest absolute Gasteiger partial charge is 0.357 e. The van der Waals surface area contributed by atoms with E-state index in [2.05, 4.69) is 35.9 Å². The Morgan fingerprint density at radius 1 is 1.31 bits per heavy atom. The maximum Gasteiger partial charge on any atom is 0.194 e. The molecule has 2 rings (SSSR count). The van der Waals surface area contributed by atoms with Crippen LogP contribution in [0, 0.1) is 0 Å². The molecular weight excluding hydrogens is 463 g/mol. The Bertz CT molecular complexity index is 580. The highest BCUT2D eigenvalue weighted by Gasteiger charge is 2.41. The van der Waals surface area contributed by atoms with E-state index in [1.807, 2.05) is 13.8 Å². The smallest absolute Gasteiger partial charge is 0.194 e. The van der Waals surface area contributed by atoms with Crippen LogP contribution in [0.5, 0.6) is 0 Å². The van der Waals surface area contributed by atoms with Gasteiger partial charge in [-0.05, 0) is 54.0 Å². The monoisotopic (exact) mass is 500 g/mol. The Labute approximate surface area is 177 Å². The van der Waals surface area contributed by atoms with Crippen molar-refractivity contribution < 1.29 is 8.42 Å². The lowest BCUT2D eigenvalue weighted by molar-refractivity contribution is 0.118. The Hall–Kier alpha value is -0.0900. The van der Waals surface area contributed by atoms with Gasteiger partial charge in [0.15, 0.2) is 15.8 Å². The molecule has 2 heterocycles. The molecule has 0 radical (unpaired) electrons. The highest BCUT2D eigenvalue weighted by molar-refractivity contribution is 14.0. The summed E-state index contributed by atoms with van der Waals surface area (Å²) >= 11 is 0. The molecule has 0 saturated carbocycles. The Morgan fingerprint density at radius 2 is 2.00 bits per heavy atom. The molecule has 26 heavy (non-hydrogen) atoms. The number of nitrogens with one attached hydrogen (secondary N) is 1. The van der Waals surface area contributed by atoms with E-state index in [0.717, 1.165) is 25.6 Å². The molecule has 0 aromatic rings. The average Bonchev–Trinajstić information content (AvgIpc) is 2.54. The summed E-state index contributed by atoms with van der Waals surface area (Å²) in [6.07, 6.45) is 3.87. The molecule has 2 aliphatic rings. The molecule has 2 fully saturated rings. The van der Waals surface area contributed by atoms with Gasteiger partial charge in [-0.15, -0.1) is 24.0 Å². The Morgan fingerprint density at radius 3 is 2.58 bits per heavy atom. The first-order chi connectivity index (χ1) is 11.7. The van der Waals surface area contributed by atoms with Gasteiger partial charge in [-0.25, -0.2) is 8.42 Å². The van der Waals surface area contributed by atoms with Gasteiger partial charge in [-0.2, -0.15) is 0 Å². The van der Waals surface area contributed by atoms with Crippen molar-refractivity contribution in [2.24, 2.45) is 4.99 Å². The molecule has 0 aliphatic carbocycles. The predicted molar refractivity (Wildman–Crippen MR) is 120 cm³/mol. The lowest BCUT2D eigenvalue weighted by atomic mass is 10.0. The second-order valence-corrected chi connectivity index (χ2v) is 10.9. The number of rotatable bonds is 4. The number of sulfone groups is 1. The van der Waals surface area contributed by atoms with Crippen molar-refractivity contribution in [2.75, 3.05) is 38.5 Å². The van der Waals surface area contributed by atoms with Gasteiger partial charge in [-0.1, -0.05) is 6.42 Å². The number of piperidine rings is 1. The van der Waals surface area contributed by atoms with Crippen molar-refractivity contribution in [2.45, 2.75) is 70.7 Å². The van der Waals surface area contributed by atoms with E-state index in [9.17, 15) is 8.42 Å². The first kappa shape index (κ1) is 23.9. The molecule has 2 saturated heterocycles. The van der Waals surface area contributed by atoms with E-state index in [1.54, 1.807) is 0 Å². The van der Waals surface area contributed by atoms with Gasteiger partial charge < -0.3 is 10.2 Å². The van der Waals surface area contributed by atoms with Crippen LogP contribution in [0.15, 0.2) is 4.99 Å². The molecule has 2 unspecified atom stereocenters. The predicted octanol–water partition coefficient (Wildman–Crippen LogP) is 2.34. The summed E-state index contributed by atoms with van der Waals surface area (Å²) in [6, 6.07) is 1.03. The average molecular weight is 500 g/mol. The topological polar surface area (TPSA) is 65.0 Å². The van der Waals surface area contributed by atoms with Crippen molar-refractivity contribution in [3.05, 3.63) is 0 Å². The number of halogens is 1. The Kier molecular flexibility index (Phi) is 9.13. The van der Waals surface area contributed by atoms with Crippen molar-refractivity contribution >= 4 is 39.8 Å². The summed E-state index contributed by atoms with van der Waals surface area (Å²) in [6.45, 7) is 13.9. The second kappa shape index (κ2) is 9.91. The van der Waals surface area contributed by atoms with Gasteiger partial charge in [0.2, 0.25) is 0 Å². The number of hydrogen-bond donors (Lipinski definition) is 1. The van der Waals surface area contributed by atoms with Crippen LogP contribution in [0.25, 0.3) is 0 Å². The zero-order valence-electron chi connectivity index (χ0n) is 17.0. The lowest BCUT2D eigenvalue weighted by Gasteiger charge is -2.40. The van der Waals surface area contributed by atoms with Crippen LogP contribution in [0.1, 0.15) is 53.9 Å². The van der Waals surface area contributed by atoms with Crippen LogP contribution in [0.4, 0.5) is 0 Å². The normalized spacial score (nSPS) is 27.5. The molecule has 2 aliphatic heterocycles. The van der Waals surface area contributed by atoms with Gasteiger partial charge >= 0.3 is 0 Å². The quantitative estimate of drug-likeness (QED) is 0.365. The van der Waals surface area contributed by atoms with Crippen molar-refractivity contribution in [1.82, 2.24) is 15.1 Å². The number of aliphatic imine (C=N–C) groups is 1. The van der Waals surface area contributed by atoms with Gasteiger partial charge in [0.05, 0.1) is 17.0 Å². The SMILES string of the molecule is CCNC(=NCC(C)N1CCCCC1C)N1CCS(=O)(=O)C(C)(C)C1.I. The molecule has 154 valence electrons. The van der Waals surface area contributed by atoms with Crippen molar-refractivity contribution in [1.29, 1.82) is 0 Å². The van der Waals surface area contributed by atoms with Crippen LogP contribution in [0.2, 0.25) is 0 Å². The fourth-order valence-electron chi connectivity index (χ4n) is 3.85. The zero-order valence-corrected chi connectivity index (χ0v) is 20.1. The highest BCUT2D eigenvalue weighted by Crippen LogP contribution is 2.24. The van der Waals surface area contributed by atoms with E-state index in [4.69, 9.17) is 4.99 Å². The van der Waals surface area contributed by atoms with Crippen LogP contribution < -0.4 is 5.32 Å². The van der Waals surface area contributed by atoms with Crippen LogP contribution in [0.3, 0.4) is 0 Å². The van der Waals surface area contributed by atoms with E-state index in [0.29, 0.717) is 25.2 Å². The summed E-state index contributed by atoms with van der Waals surface area (Å²) < 4.78 is 23.8. The standard InChI is InChI=1S/C18H36N4O2S.HI/c1-6-19-17(21-11-12-25(23,24)18(4,5)14-21)20-13-16(3)22-10-8-7-9-15(22)2;/h15-16H,6-14H2,1-5H3,(H,19,20);1H. The summed E-state index contributed by atoms with van der Waals surface area (Å²) in [5, 5.41) is 3.35. The molecule has 0 bridgehead atoms. The third kappa shape index (κ3) is 5.70. The van der Waals surface area contributed by atoms with Crippen LogP contribution >= 0.6 is 24.0 Å². The van der Waals surface area contributed by atoms with Gasteiger partial charge in [0.1, 0.15) is 0 Å². The summed E-state index contributed by atoms with van der Waals surface area (Å²) in [7, 11) is -3.03. The third-order valence-corrected chi connectivity index (χ3v) is 8.14. The molecular formula is C18H37IN4O2S. The molecule has 2 atom stereocenters. The van der Waals surface area contributed by atoms with Gasteiger partial charge in [0, 0.05) is 31.7 Å². The van der Waals surface area contributed by atoms with Crippen molar-refractivity contribution in [3.8, 4) is 0 Å². The van der Waals surface area contributed by atoms with Crippen molar-refractivity contribution in [3.63, 3.8) is 0 Å². The van der Waals surface area contributed by atoms with E-state index in [-0.39, 0.29) is 29.7 Å². The van der Waals surface area contributed by atoms with Gasteiger partial charge in [0.25, 0.3) is 0 Å². The minimum absolute atomic E-state index is 0. The zero-order chi connectivity index (χ0) is 18.7. The number of likely N-dealkylation sites (tertiary alicyclic amines) is 1. The van der Waals surface area contributed by atoms with E-state index >= 15 is 0 Å². The Balaban J connectivity index is 0.00000338. The van der Waals surface area contributed by atoms with E-state index in [1.165, 1.54) is 19.3 Å². The molecule has 8 heteroatoms. The van der Waals surface area contributed by atoms with Crippen LogP contribution in [-0.4, -0.2) is 79.5 Å². The fraction of sp³-hybridized carbons (Fsp3) is 0.944. The molecule has 0 aromatic carbocycles.